The van der Waals surface area contributed by atoms with Crippen molar-refractivity contribution in [2.75, 3.05) is 16.0 Å². The van der Waals surface area contributed by atoms with Crippen LogP contribution in [-0.2, 0) is 11.2 Å². The van der Waals surface area contributed by atoms with Gasteiger partial charge in [0.25, 0.3) is 16.8 Å². The monoisotopic (exact) mass is 504 g/mol. The van der Waals surface area contributed by atoms with Crippen LogP contribution in [0.1, 0.15) is 36.2 Å². The number of nitrogens with one attached hydrogen (secondary N) is 3. The van der Waals surface area contributed by atoms with Gasteiger partial charge in [-0.15, -0.1) is 0 Å². The number of aromatic nitrogens is 1. The summed E-state index contributed by atoms with van der Waals surface area (Å²) < 4.78 is 0. The van der Waals surface area contributed by atoms with Crippen molar-refractivity contribution >= 4 is 52.1 Å². The van der Waals surface area contributed by atoms with E-state index in [1.165, 1.54) is 12.4 Å². The zero-order chi connectivity index (χ0) is 25.0. The molecule has 0 bridgehead atoms. The molecule has 0 saturated heterocycles. The van der Waals surface area contributed by atoms with E-state index in [0.717, 1.165) is 6.42 Å². The number of rotatable bonds is 10. The number of pyridine rings is 1. The van der Waals surface area contributed by atoms with E-state index in [1.807, 2.05) is 13.8 Å². The Kier molecular flexibility index (Phi) is 7.90. The lowest BCUT2D eigenvalue weighted by atomic mass is 10.0. The molecule has 1 aromatic heterocycles. The van der Waals surface area contributed by atoms with Crippen molar-refractivity contribution in [2.45, 2.75) is 38.8 Å². The van der Waals surface area contributed by atoms with Gasteiger partial charge in [0.2, 0.25) is 0 Å². The summed E-state index contributed by atoms with van der Waals surface area (Å²) in [6, 6.07) is 5.29. The lowest BCUT2D eigenvalue weighted by Gasteiger charge is -2.22. The number of carboxylic acids is 1. The van der Waals surface area contributed by atoms with Crippen LogP contribution in [-0.4, -0.2) is 34.1 Å². The van der Waals surface area contributed by atoms with Gasteiger partial charge in [0.15, 0.2) is 0 Å². The van der Waals surface area contributed by atoms with Gasteiger partial charge in [0.1, 0.15) is 17.4 Å². The van der Waals surface area contributed by atoms with Gasteiger partial charge in [-0.1, -0.05) is 42.3 Å². The first kappa shape index (κ1) is 25.2. The maximum Gasteiger partial charge on any atom is 0.326 e. The SMILES string of the molecule is CCC(C)Nc1c(N[C@@H](Cc2ccc(NC(=O)c3c(Cl)cncc3Cl)cc2)C(=O)O)c(=O)c1=O. The van der Waals surface area contributed by atoms with Crippen molar-refractivity contribution in [1.82, 2.24) is 4.98 Å². The average Bonchev–Trinajstić information content (AvgIpc) is 2.80. The number of carbonyl (C=O) groups excluding carboxylic acids is 1. The van der Waals surface area contributed by atoms with Gasteiger partial charge >= 0.3 is 5.97 Å². The molecule has 1 unspecified atom stereocenters. The molecule has 0 aliphatic heterocycles. The summed E-state index contributed by atoms with van der Waals surface area (Å²) in [5, 5.41) is 18.1. The molecule has 9 nitrogen and oxygen atoms in total. The summed E-state index contributed by atoms with van der Waals surface area (Å²) in [4.78, 5) is 52.0. The fourth-order valence-electron chi connectivity index (χ4n) is 3.17. The van der Waals surface area contributed by atoms with Gasteiger partial charge in [-0.3, -0.25) is 19.4 Å². The van der Waals surface area contributed by atoms with Gasteiger partial charge in [-0.2, -0.15) is 0 Å². The van der Waals surface area contributed by atoms with Crippen LogP contribution < -0.4 is 26.8 Å². The van der Waals surface area contributed by atoms with Gasteiger partial charge in [0, 0.05) is 30.5 Å². The molecule has 0 fully saturated rings. The smallest absolute Gasteiger partial charge is 0.326 e. The normalized spacial score (nSPS) is 12.7. The Hall–Kier alpha value is -3.43. The number of aliphatic carboxylic acids is 1. The van der Waals surface area contributed by atoms with Crippen molar-refractivity contribution in [3.63, 3.8) is 0 Å². The largest absolute Gasteiger partial charge is 0.480 e. The van der Waals surface area contributed by atoms with E-state index in [1.54, 1.807) is 24.3 Å². The molecule has 0 radical (unpaired) electrons. The Morgan fingerprint density at radius 2 is 1.56 bits per heavy atom. The Balaban J connectivity index is 1.70. The summed E-state index contributed by atoms with van der Waals surface area (Å²) in [6.45, 7) is 3.77. The highest BCUT2D eigenvalue weighted by molar-refractivity contribution is 6.40. The third-order valence-electron chi connectivity index (χ3n) is 5.26. The van der Waals surface area contributed by atoms with Crippen LogP contribution in [0.5, 0.6) is 0 Å². The first-order valence-electron chi connectivity index (χ1n) is 10.4. The van der Waals surface area contributed by atoms with Gasteiger partial charge < -0.3 is 21.1 Å². The molecular weight excluding hydrogens is 483 g/mol. The molecular formula is C23H22Cl2N4O5. The molecule has 0 saturated carbocycles. The zero-order valence-corrected chi connectivity index (χ0v) is 19.8. The van der Waals surface area contributed by atoms with E-state index in [0.29, 0.717) is 11.3 Å². The summed E-state index contributed by atoms with van der Waals surface area (Å²) >= 11 is 12.0. The Labute approximate surface area is 204 Å². The zero-order valence-electron chi connectivity index (χ0n) is 18.3. The molecule has 0 spiro atoms. The van der Waals surface area contributed by atoms with E-state index < -0.39 is 28.8 Å². The maximum absolute atomic E-state index is 12.5. The summed E-state index contributed by atoms with van der Waals surface area (Å²) in [5.41, 5.74) is -0.157. The quantitative estimate of drug-likeness (QED) is 0.307. The summed E-state index contributed by atoms with van der Waals surface area (Å²) in [7, 11) is 0. The molecule has 1 amide bonds. The number of amides is 1. The molecule has 4 N–H and O–H groups in total. The molecule has 0 aliphatic rings. The molecule has 3 rings (SSSR count). The number of carbonyl (C=O) groups is 2. The Morgan fingerprint density at radius 1 is 1.00 bits per heavy atom. The highest BCUT2D eigenvalue weighted by Crippen LogP contribution is 2.24. The van der Waals surface area contributed by atoms with Crippen LogP contribution in [0.25, 0.3) is 0 Å². The second-order valence-electron chi connectivity index (χ2n) is 7.73. The van der Waals surface area contributed by atoms with Crippen molar-refractivity contribution < 1.29 is 14.7 Å². The van der Waals surface area contributed by atoms with Crippen LogP contribution in [0, 0.1) is 0 Å². The number of benzene rings is 1. The number of hydrogen-bond donors (Lipinski definition) is 4. The third kappa shape index (κ3) is 5.55. The molecule has 34 heavy (non-hydrogen) atoms. The predicted octanol–water partition coefficient (Wildman–Crippen LogP) is 3.55. The van der Waals surface area contributed by atoms with Crippen LogP contribution >= 0.6 is 23.2 Å². The predicted molar refractivity (Wildman–Crippen MR) is 132 cm³/mol. The second kappa shape index (κ2) is 10.7. The topological polar surface area (TPSA) is 137 Å². The minimum Gasteiger partial charge on any atom is -0.480 e. The lowest BCUT2D eigenvalue weighted by molar-refractivity contribution is -0.137. The number of halogens is 2. The fourth-order valence-corrected chi connectivity index (χ4v) is 3.71. The highest BCUT2D eigenvalue weighted by atomic mass is 35.5. The minimum absolute atomic E-state index is 0.0207. The molecule has 1 heterocycles. The van der Waals surface area contributed by atoms with E-state index >= 15 is 0 Å². The van der Waals surface area contributed by atoms with E-state index in [2.05, 4.69) is 20.9 Å². The average molecular weight is 505 g/mol. The van der Waals surface area contributed by atoms with Crippen LogP contribution in [0.3, 0.4) is 0 Å². The number of anilines is 3. The van der Waals surface area contributed by atoms with Gasteiger partial charge in [-0.05, 0) is 31.0 Å². The minimum atomic E-state index is -1.18. The molecule has 2 aromatic carbocycles. The Morgan fingerprint density at radius 3 is 2.09 bits per heavy atom. The standard InChI is InChI=1S/C23H22Cl2N4O5/c1-3-11(2)27-18-19(21(31)20(18)30)29-16(23(33)34)8-12-4-6-13(7-5-12)28-22(32)17-14(24)9-26-10-15(17)25/h4-7,9-11,16,27,29H,3,8H2,1-2H3,(H,28,32)(H,33,34)/t11?,16-/m0/s1. The lowest BCUT2D eigenvalue weighted by Crippen LogP contribution is -2.43. The van der Waals surface area contributed by atoms with Crippen molar-refractivity contribution in [3.05, 3.63) is 78.3 Å². The number of hydrogen-bond acceptors (Lipinski definition) is 7. The molecule has 0 aliphatic carbocycles. The fraction of sp³-hybridized carbons (Fsp3) is 0.261. The maximum atomic E-state index is 12.5. The van der Waals surface area contributed by atoms with Crippen molar-refractivity contribution in [1.29, 1.82) is 0 Å². The van der Waals surface area contributed by atoms with Crippen LogP contribution in [0.4, 0.5) is 17.1 Å². The second-order valence-corrected chi connectivity index (χ2v) is 8.54. The number of nitrogens with zero attached hydrogens (tertiary/aromatic N) is 1. The Bertz CT molecular complexity index is 1270. The van der Waals surface area contributed by atoms with E-state index in [4.69, 9.17) is 23.2 Å². The third-order valence-corrected chi connectivity index (χ3v) is 5.84. The molecule has 178 valence electrons. The van der Waals surface area contributed by atoms with Crippen LogP contribution in [0.15, 0.2) is 46.2 Å². The molecule has 2 atom stereocenters. The number of carboxylic acid groups (broad SMARTS) is 1. The van der Waals surface area contributed by atoms with E-state index in [-0.39, 0.29) is 39.4 Å². The van der Waals surface area contributed by atoms with Gasteiger partial charge in [0.05, 0.1) is 15.6 Å². The highest BCUT2D eigenvalue weighted by Gasteiger charge is 2.27. The summed E-state index contributed by atoms with van der Waals surface area (Å²) in [6.07, 6.45) is 3.38. The van der Waals surface area contributed by atoms with Crippen molar-refractivity contribution in [3.8, 4) is 0 Å². The van der Waals surface area contributed by atoms with Crippen LogP contribution in [0.2, 0.25) is 10.0 Å². The first-order chi connectivity index (χ1) is 16.1. The molecule has 3 aromatic rings. The molecule has 11 heteroatoms. The first-order valence-corrected chi connectivity index (χ1v) is 11.2. The van der Waals surface area contributed by atoms with E-state index in [9.17, 15) is 24.3 Å². The van der Waals surface area contributed by atoms with Gasteiger partial charge in [-0.25, -0.2) is 4.79 Å². The van der Waals surface area contributed by atoms with Crippen molar-refractivity contribution in [2.24, 2.45) is 0 Å². The summed E-state index contributed by atoms with van der Waals surface area (Å²) in [5.74, 6) is -1.70.